The Morgan fingerprint density at radius 1 is 0.900 bits per heavy atom. The van der Waals surface area contributed by atoms with E-state index in [1.165, 1.54) is 16.7 Å². The number of hydrogen-bond donors (Lipinski definition) is 1. The van der Waals surface area contributed by atoms with E-state index in [1.807, 2.05) is 61.9 Å². The molecule has 1 N–H and O–H groups in total. The van der Waals surface area contributed by atoms with Gasteiger partial charge in [-0.3, -0.25) is 4.79 Å². The third-order valence-corrected chi connectivity index (χ3v) is 5.55. The van der Waals surface area contributed by atoms with Gasteiger partial charge in [0.05, 0.1) is 11.4 Å². The number of aryl methyl sites for hydroxylation is 5. The number of rotatable bonds is 4. The lowest BCUT2D eigenvalue weighted by molar-refractivity contribution is 0.0946. The fraction of sp³-hybridized carbons (Fsp3) is 0.240. The van der Waals surface area contributed by atoms with Crippen LogP contribution < -0.4 is 5.32 Å². The average Bonchev–Trinajstić information content (AvgIpc) is 3.06. The molecule has 0 saturated heterocycles. The Hall–Kier alpha value is -3.47. The minimum absolute atomic E-state index is 0.189. The van der Waals surface area contributed by atoms with Crippen LogP contribution in [0.5, 0.6) is 0 Å². The van der Waals surface area contributed by atoms with E-state index in [0.29, 0.717) is 17.9 Å². The van der Waals surface area contributed by atoms with Crippen LogP contribution in [0.15, 0.2) is 48.5 Å². The Labute approximate surface area is 176 Å². The lowest BCUT2D eigenvalue weighted by atomic mass is 10.1. The first kappa shape index (κ1) is 19.8. The third-order valence-electron chi connectivity index (χ3n) is 5.55. The number of hydrogen-bond acceptors (Lipinski definition) is 3. The van der Waals surface area contributed by atoms with Gasteiger partial charge >= 0.3 is 0 Å². The molecule has 152 valence electrons. The van der Waals surface area contributed by atoms with Gasteiger partial charge < -0.3 is 5.32 Å². The van der Waals surface area contributed by atoms with Crippen LogP contribution in [-0.4, -0.2) is 20.7 Å². The fourth-order valence-electron chi connectivity index (χ4n) is 3.64. The predicted octanol–water partition coefficient (Wildman–Crippen LogP) is 4.89. The number of aromatic nitrogens is 3. The van der Waals surface area contributed by atoms with Crippen molar-refractivity contribution >= 4 is 16.9 Å². The second-order valence-electron chi connectivity index (χ2n) is 7.96. The van der Waals surface area contributed by atoms with E-state index in [9.17, 15) is 4.79 Å². The fourth-order valence-corrected chi connectivity index (χ4v) is 3.64. The summed E-state index contributed by atoms with van der Waals surface area (Å²) in [5.74, 6) is -0.189. The summed E-state index contributed by atoms with van der Waals surface area (Å²) in [7, 11) is 0. The van der Waals surface area contributed by atoms with Crippen molar-refractivity contribution in [3.8, 4) is 5.69 Å². The summed E-state index contributed by atoms with van der Waals surface area (Å²) >= 11 is 0. The van der Waals surface area contributed by atoms with Crippen molar-refractivity contribution < 1.29 is 4.79 Å². The van der Waals surface area contributed by atoms with Gasteiger partial charge in [-0.05, 0) is 75.1 Å². The van der Waals surface area contributed by atoms with E-state index < -0.39 is 0 Å². The average molecular weight is 399 g/mol. The Bertz CT molecular complexity index is 1250. The molecule has 0 aliphatic heterocycles. The van der Waals surface area contributed by atoms with Gasteiger partial charge in [-0.1, -0.05) is 35.9 Å². The minimum atomic E-state index is -0.189. The Kier molecular flexibility index (Phi) is 5.12. The van der Waals surface area contributed by atoms with E-state index in [2.05, 4.69) is 31.3 Å². The van der Waals surface area contributed by atoms with Crippen molar-refractivity contribution in [2.45, 2.75) is 41.2 Å². The molecule has 1 amide bonds. The van der Waals surface area contributed by atoms with E-state index in [1.54, 1.807) is 0 Å². The molecule has 0 unspecified atom stereocenters. The van der Waals surface area contributed by atoms with Crippen molar-refractivity contribution in [1.29, 1.82) is 0 Å². The normalized spacial score (nSPS) is 11.1. The number of nitrogens with zero attached hydrogens (tertiary/aromatic N) is 3. The molecule has 0 atom stereocenters. The predicted molar refractivity (Wildman–Crippen MR) is 120 cm³/mol. The van der Waals surface area contributed by atoms with Gasteiger partial charge in [-0.25, -0.2) is 9.67 Å². The maximum Gasteiger partial charge on any atom is 0.270 e. The zero-order valence-electron chi connectivity index (χ0n) is 18.1. The summed E-state index contributed by atoms with van der Waals surface area (Å²) < 4.78 is 1.83. The van der Waals surface area contributed by atoms with Crippen molar-refractivity contribution in [1.82, 2.24) is 20.1 Å². The molecule has 0 bridgehead atoms. The number of carbonyl (C=O) groups excluding carboxylic acids is 1. The second kappa shape index (κ2) is 7.75. The summed E-state index contributed by atoms with van der Waals surface area (Å²) in [6, 6.07) is 16.2. The van der Waals surface area contributed by atoms with Crippen LogP contribution in [0.1, 0.15) is 44.0 Å². The molecule has 2 aromatic carbocycles. The zero-order chi connectivity index (χ0) is 21.4. The van der Waals surface area contributed by atoms with Crippen molar-refractivity contribution in [2.24, 2.45) is 0 Å². The number of carbonyl (C=O) groups is 1. The molecular formula is C25H26N4O. The van der Waals surface area contributed by atoms with Gasteiger partial charge in [0.15, 0.2) is 5.65 Å². The molecule has 30 heavy (non-hydrogen) atoms. The summed E-state index contributed by atoms with van der Waals surface area (Å²) in [4.78, 5) is 17.5. The van der Waals surface area contributed by atoms with Crippen molar-refractivity contribution in [2.75, 3.05) is 0 Å². The Morgan fingerprint density at radius 2 is 1.63 bits per heavy atom. The van der Waals surface area contributed by atoms with Crippen LogP contribution in [0.25, 0.3) is 16.7 Å². The summed E-state index contributed by atoms with van der Waals surface area (Å²) in [6.07, 6.45) is 0. The molecule has 2 heterocycles. The maximum atomic E-state index is 12.8. The molecule has 0 aliphatic carbocycles. The van der Waals surface area contributed by atoms with Gasteiger partial charge in [-0.2, -0.15) is 5.10 Å². The molecule has 4 aromatic rings. The monoisotopic (exact) mass is 398 g/mol. The SMILES string of the molecule is Cc1ccc(CNC(=O)c2cc(C)c3c(C)nn(-c4ccc(C)c(C)c4)c3n2)cc1. The molecule has 0 fully saturated rings. The molecule has 2 aromatic heterocycles. The maximum absolute atomic E-state index is 12.8. The molecule has 5 heteroatoms. The molecule has 5 nitrogen and oxygen atoms in total. The van der Waals surface area contributed by atoms with Crippen LogP contribution in [-0.2, 0) is 6.54 Å². The standard InChI is InChI=1S/C25H26N4O/c1-15-6-9-20(10-7-15)14-26-25(30)22-13-18(4)23-19(5)28-29(24(23)27-22)21-11-8-16(2)17(3)12-21/h6-13H,14H2,1-5H3,(H,26,30). The Morgan fingerprint density at radius 3 is 2.33 bits per heavy atom. The first-order chi connectivity index (χ1) is 14.3. The van der Waals surface area contributed by atoms with Crippen LogP contribution in [0.3, 0.4) is 0 Å². The summed E-state index contributed by atoms with van der Waals surface area (Å²) in [6.45, 7) is 10.7. The van der Waals surface area contributed by atoms with Crippen LogP contribution >= 0.6 is 0 Å². The lowest BCUT2D eigenvalue weighted by Crippen LogP contribution is -2.24. The quantitative estimate of drug-likeness (QED) is 0.532. The molecule has 0 aliphatic rings. The van der Waals surface area contributed by atoms with Crippen molar-refractivity contribution in [3.63, 3.8) is 0 Å². The first-order valence-corrected chi connectivity index (χ1v) is 10.1. The van der Waals surface area contributed by atoms with E-state index in [4.69, 9.17) is 10.1 Å². The smallest absolute Gasteiger partial charge is 0.270 e. The second-order valence-corrected chi connectivity index (χ2v) is 7.96. The highest BCUT2D eigenvalue weighted by Crippen LogP contribution is 2.25. The van der Waals surface area contributed by atoms with Crippen LogP contribution in [0, 0.1) is 34.6 Å². The lowest BCUT2D eigenvalue weighted by Gasteiger charge is -2.09. The first-order valence-electron chi connectivity index (χ1n) is 10.1. The topological polar surface area (TPSA) is 59.8 Å². The minimum Gasteiger partial charge on any atom is -0.347 e. The van der Waals surface area contributed by atoms with Gasteiger partial charge in [0, 0.05) is 11.9 Å². The highest BCUT2D eigenvalue weighted by molar-refractivity contribution is 5.96. The number of pyridine rings is 1. The van der Waals surface area contributed by atoms with Gasteiger partial charge in [0.25, 0.3) is 5.91 Å². The summed E-state index contributed by atoms with van der Waals surface area (Å²) in [5.41, 5.74) is 8.62. The highest BCUT2D eigenvalue weighted by Gasteiger charge is 2.17. The molecule has 4 rings (SSSR count). The summed E-state index contributed by atoms with van der Waals surface area (Å²) in [5, 5.41) is 8.68. The number of fused-ring (bicyclic) bond motifs is 1. The molecule has 0 saturated carbocycles. The van der Waals surface area contributed by atoms with E-state index in [0.717, 1.165) is 27.9 Å². The number of amides is 1. The van der Waals surface area contributed by atoms with Gasteiger partial charge in [-0.15, -0.1) is 0 Å². The van der Waals surface area contributed by atoms with E-state index in [-0.39, 0.29) is 5.91 Å². The van der Waals surface area contributed by atoms with Crippen LogP contribution in [0.2, 0.25) is 0 Å². The van der Waals surface area contributed by atoms with E-state index >= 15 is 0 Å². The third kappa shape index (κ3) is 3.71. The van der Waals surface area contributed by atoms with Crippen LogP contribution in [0.4, 0.5) is 0 Å². The van der Waals surface area contributed by atoms with Gasteiger partial charge in [0.2, 0.25) is 0 Å². The van der Waals surface area contributed by atoms with Crippen molar-refractivity contribution in [3.05, 3.63) is 87.7 Å². The molecular weight excluding hydrogens is 372 g/mol. The number of nitrogens with one attached hydrogen (secondary N) is 1. The highest BCUT2D eigenvalue weighted by atomic mass is 16.1. The number of benzene rings is 2. The molecule has 0 spiro atoms. The van der Waals surface area contributed by atoms with Gasteiger partial charge in [0.1, 0.15) is 5.69 Å². The Balaban J connectivity index is 1.70. The largest absolute Gasteiger partial charge is 0.347 e. The molecule has 0 radical (unpaired) electrons. The zero-order valence-corrected chi connectivity index (χ0v) is 18.1.